The van der Waals surface area contributed by atoms with Crippen molar-refractivity contribution in [1.29, 1.82) is 0 Å². The van der Waals surface area contributed by atoms with Gasteiger partial charge in [-0.3, -0.25) is 4.79 Å². The molecule has 0 atom stereocenters. The minimum atomic E-state index is -3.30. The van der Waals surface area contributed by atoms with Gasteiger partial charge < -0.3 is 10.4 Å². The molecule has 3 nitrogen and oxygen atoms in total. The number of hydrogen-bond acceptors (Lipinski definition) is 2. The molecule has 2 N–H and O–H groups in total. The van der Waals surface area contributed by atoms with E-state index < -0.39 is 25.0 Å². The molecular formula is C11H12BrF2NO2. The van der Waals surface area contributed by atoms with Gasteiger partial charge in [-0.2, -0.15) is 0 Å². The largest absolute Gasteiger partial charge is 0.390 e. The van der Waals surface area contributed by atoms with Crippen LogP contribution in [-0.4, -0.2) is 30.1 Å². The molecule has 1 aromatic carbocycles. The molecule has 0 unspecified atom stereocenters. The van der Waals surface area contributed by atoms with Gasteiger partial charge in [-0.1, -0.05) is 6.07 Å². The highest BCUT2D eigenvalue weighted by molar-refractivity contribution is 9.10. The number of benzene rings is 1. The Kier molecular flexibility index (Phi) is 4.59. The van der Waals surface area contributed by atoms with Gasteiger partial charge in [0.2, 0.25) is 0 Å². The Hall–Kier alpha value is -1.01. The van der Waals surface area contributed by atoms with E-state index in [9.17, 15) is 13.6 Å². The molecule has 0 radical (unpaired) electrons. The van der Waals surface area contributed by atoms with E-state index >= 15 is 0 Å². The molecule has 0 heterocycles. The van der Waals surface area contributed by atoms with Crippen LogP contribution in [0.3, 0.4) is 0 Å². The van der Waals surface area contributed by atoms with E-state index in [-0.39, 0.29) is 5.56 Å². The molecule has 0 aliphatic heterocycles. The molecule has 0 bridgehead atoms. The van der Waals surface area contributed by atoms with Crippen LogP contribution in [-0.2, 0) is 0 Å². The monoisotopic (exact) mass is 307 g/mol. The number of aryl methyl sites for hydroxylation is 1. The van der Waals surface area contributed by atoms with Gasteiger partial charge >= 0.3 is 0 Å². The third kappa shape index (κ3) is 4.05. The fourth-order valence-electron chi connectivity index (χ4n) is 1.17. The molecule has 0 saturated carbocycles. The number of alkyl halides is 2. The van der Waals surface area contributed by atoms with Gasteiger partial charge in [-0.15, -0.1) is 0 Å². The van der Waals surface area contributed by atoms with Crippen LogP contribution in [0.1, 0.15) is 15.9 Å². The van der Waals surface area contributed by atoms with Crippen LogP contribution in [0.2, 0.25) is 0 Å². The minimum absolute atomic E-state index is 0.282. The van der Waals surface area contributed by atoms with Crippen LogP contribution in [0.25, 0.3) is 0 Å². The molecule has 0 saturated heterocycles. The summed E-state index contributed by atoms with van der Waals surface area (Å²) in [5, 5.41) is 10.4. The maximum Gasteiger partial charge on any atom is 0.287 e. The molecule has 94 valence electrons. The summed E-state index contributed by atoms with van der Waals surface area (Å²) < 4.78 is 26.0. The first-order valence-electron chi connectivity index (χ1n) is 4.89. The van der Waals surface area contributed by atoms with E-state index in [0.717, 1.165) is 5.56 Å². The highest BCUT2D eigenvalue weighted by Crippen LogP contribution is 2.18. The van der Waals surface area contributed by atoms with E-state index in [1.54, 1.807) is 18.2 Å². The molecule has 1 aromatic rings. The average Bonchev–Trinajstić information content (AvgIpc) is 2.26. The van der Waals surface area contributed by atoms with Crippen LogP contribution in [0.5, 0.6) is 0 Å². The van der Waals surface area contributed by atoms with Gasteiger partial charge in [0.1, 0.15) is 6.61 Å². The van der Waals surface area contributed by atoms with Crippen molar-refractivity contribution in [1.82, 2.24) is 5.32 Å². The summed E-state index contributed by atoms with van der Waals surface area (Å²) in [7, 11) is 0. The van der Waals surface area contributed by atoms with Crippen molar-refractivity contribution in [2.45, 2.75) is 12.8 Å². The van der Waals surface area contributed by atoms with Crippen LogP contribution in [0.15, 0.2) is 22.7 Å². The third-order valence-electron chi connectivity index (χ3n) is 2.11. The second-order valence-corrected chi connectivity index (χ2v) is 4.53. The fraction of sp³-hybridized carbons (Fsp3) is 0.364. The topological polar surface area (TPSA) is 49.3 Å². The zero-order valence-corrected chi connectivity index (χ0v) is 10.7. The standard InChI is InChI=1S/C11H12BrF2NO2/c1-7-2-3-8(9(12)4-7)10(17)15-5-11(13,14)6-16/h2-4,16H,5-6H2,1H3,(H,15,17). The van der Waals surface area contributed by atoms with E-state index in [1.165, 1.54) is 0 Å². The number of amides is 1. The Bertz CT molecular complexity index is 424. The molecule has 0 aliphatic carbocycles. The second-order valence-electron chi connectivity index (χ2n) is 3.68. The van der Waals surface area contributed by atoms with Gasteiger partial charge in [0.05, 0.1) is 12.1 Å². The molecule has 0 aliphatic rings. The quantitative estimate of drug-likeness (QED) is 0.895. The van der Waals surface area contributed by atoms with E-state index in [0.29, 0.717) is 4.47 Å². The highest BCUT2D eigenvalue weighted by Gasteiger charge is 2.28. The number of rotatable bonds is 4. The maximum atomic E-state index is 12.7. The minimum Gasteiger partial charge on any atom is -0.390 e. The first kappa shape index (κ1) is 14.1. The molecule has 1 rings (SSSR count). The summed E-state index contributed by atoms with van der Waals surface area (Å²) in [6.45, 7) is -0.322. The van der Waals surface area contributed by atoms with Crippen molar-refractivity contribution in [2.75, 3.05) is 13.2 Å². The highest BCUT2D eigenvalue weighted by atomic mass is 79.9. The van der Waals surface area contributed by atoms with Crippen LogP contribution in [0.4, 0.5) is 8.78 Å². The summed E-state index contributed by atoms with van der Waals surface area (Å²) in [5.41, 5.74) is 1.23. The van der Waals surface area contributed by atoms with Gasteiger partial charge in [0.25, 0.3) is 11.8 Å². The maximum absolute atomic E-state index is 12.7. The lowest BCUT2D eigenvalue weighted by Crippen LogP contribution is -2.39. The van der Waals surface area contributed by atoms with E-state index in [1.807, 2.05) is 6.92 Å². The summed E-state index contributed by atoms with van der Waals surface area (Å²) in [4.78, 5) is 11.6. The predicted octanol–water partition coefficient (Wildman–Crippen LogP) is 2.11. The number of carbonyl (C=O) groups is 1. The van der Waals surface area contributed by atoms with Crippen molar-refractivity contribution < 1.29 is 18.7 Å². The Morgan fingerprint density at radius 1 is 1.53 bits per heavy atom. The zero-order chi connectivity index (χ0) is 13.1. The Morgan fingerprint density at radius 2 is 2.18 bits per heavy atom. The number of nitrogens with one attached hydrogen (secondary N) is 1. The first-order valence-corrected chi connectivity index (χ1v) is 5.68. The van der Waals surface area contributed by atoms with Gasteiger partial charge in [0, 0.05) is 4.47 Å². The Labute approximate surface area is 106 Å². The molecule has 1 amide bonds. The first-order chi connectivity index (χ1) is 7.85. The molecular weight excluding hydrogens is 296 g/mol. The number of carbonyl (C=O) groups excluding carboxylic acids is 1. The molecule has 0 spiro atoms. The third-order valence-corrected chi connectivity index (χ3v) is 2.76. The normalized spacial score (nSPS) is 11.4. The summed E-state index contributed by atoms with van der Waals surface area (Å²) >= 11 is 3.19. The van der Waals surface area contributed by atoms with Gasteiger partial charge in [-0.25, -0.2) is 8.78 Å². The predicted molar refractivity (Wildman–Crippen MR) is 63.2 cm³/mol. The van der Waals surface area contributed by atoms with Gasteiger partial charge in [0.15, 0.2) is 0 Å². The lowest BCUT2D eigenvalue weighted by Gasteiger charge is -2.14. The van der Waals surface area contributed by atoms with Crippen LogP contribution in [0, 0.1) is 6.92 Å². The summed E-state index contributed by atoms with van der Waals surface area (Å²) in [6.07, 6.45) is 0. The van der Waals surface area contributed by atoms with Crippen LogP contribution >= 0.6 is 15.9 Å². The van der Waals surface area contributed by atoms with Crippen molar-refractivity contribution in [2.24, 2.45) is 0 Å². The molecule has 6 heteroatoms. The molecule has 0 fully saturated rings. The summed E-state index contributed by atoms with van der Waals surface area (Å²) in [5.74, 6) is -3.91. The zero-order valence-electron chi connectivity index (χ0n) is 9.14. The number of aliphatic hydroxyl groups excluding tert-OH is 1. The van der Waals surface area contributed by atoms with E-state index in [4.69, 9.17) is 5.11 Å². The van der Waals surface area contributed by atoms with Crippen molar-refractivity contribution in [3.8, 4) is 0 Å². The van der Waals surface area contributed by atoms with E-state index in [2.05, 4.69) is 21.2 Å². The Balaban J connectivity index is 2.71. The Morgan fingerprint density at radius 3 is 2.71 bits per heavy atom. The van der Waals surface area contributed by atoms with Crippen molar-refractivity contribution >= 4 is 21.8 Å². The fourth-order valence-corrected chi connectivity index (χ4v) is 1.84. The average molecular weight is 308 g/mol. The molecule has 0 aromatic heterocycles. The lowest BCUT2D eigenvalue weighted by molar-refractivity contribution is -0.0462. The SMILES string of the molecule is Cc1ccc(C(=O)NCC(F)(F)CO)c(Br)c1. The second kappa shape index (κ2) is 5.55. The number of aliphatic hydroxyl groups is 1. The van der Waals surface area contributed by atoms with Crippen molar-refractivity contribution in [3.63, 3.8) is 0 Å². The molecule has 17 heavy (non-hydrogen) atoms. The smallest absolute Gasteiger partial charge is 0.287 e. The van der Waals surface area contributed by atoms with Crippen molar-refractivity contribution in [3.05, 3.63) is 33.8 Å². The lowest BCUT2D eigenvalue weighted by atomic mass is 10.1. The number of halogens is 3. The number of hydrogen-bond donors (Lipinski definition) is 2. The van der Waals surface area contributed by atoms with Crippen LogP contribution < -0.4 is 5.32 Å². The van der Waals surface area contributed by atoms with Gasteiger partial charge in [-0.05, 0) is 40.5 Å². The summed E-state index contributed by atoms with van der Waals surface area (Å²) in [6, 6.07) is 4.98.